The molecule has 0 aliphatic heterocycles. The Balaban J connectivity index is 1.72. The summed E-state index contributed by atoms with van der Waals surface area (Å²) in [5.74, 6) is 0.718. The molecular formula is C13H12ClN5S. The molecule has 3 aromatic rings. The summed E-state index contributed by atoms with van der Waals surface area (Å²) in [6, 6.07) is 8.21. The Bertz CT molecular complexity index is 721. The number of nitrogens with zero attached hydrogens (tertiary/aromatic N) is 5. The first-order valence-electron chi connectivity index (χ1n) is 6.12. The molecule has 0 N–H and O–H groups in total. The largest absolute Gasteiger partial charge is 0.233 e. The molecule has 7 heteroatoms. The van der Waals surface area contributed by atoms with E-state index in [9.17, 15) is 0 Å². The number of hydrogen-bond acceptors (Lipinski definition) is 5. The van der Waals surface area contributed by atoms with E-state index in [0.717, 1.165) is 10.7 Å². The highest BCUT2D eigenvalue weighted by Crippen LogP contribution is 2.18. The van der Waals surface area contributed by atoms with Crippen LogP contribution in [0.1, 0.15) is 21.8 Å². The Kier molecular flexibility index (Phi) is 3.75. The van der Waals surface area contributed by atoms with E-state index >= 15 is 0 Å². The van der Waals surface area contributed by atoms with Crippen LogP contribution in [0.15, 0.2) is 30.5 Å². The molecule has 0 aliphatic rings. The molecule has 0 radical (unpaired) electrons. The van der Waals surface area contributed by atoms with Crippen molar-refractivity contribution in [3.63, 3.8) is 0 Å². The molecule has 1 aromatic carbocycles. The molecule has 20 heavy (non-hydrogen) atoms. The summed E-state index contributed by atoms with van der Waals surface area (Å²) < 4.78 is 0.528. The predicted octanol–water partition coefficient (Wildman–Crippen LogP) is 2.73. The van der Waals surface area contributed by atoms with Crippen molar-refractivity contribution in [3.05, 3.63) is 56.8 Å². The van der Waals surface area contributed by atoms with Crippen LogP contribution in [0.2, 0.25) is 4.47 Å². The minimum Gasteiger partial charge on any atom is -0.233 e. The van der Waals surface area contributed by atoms with Crippen LogP contribution in [0.3, 0.4) is 0 Å². The maximum absolute atomic E-state index is 5.80. The number of aromatic nitrogens is 5. The van der Waals surface area contributed by atoms with Crippen molar-refractivity contribution in [2.45, 2.75) is 19.9 Å². The summed E-state index contributed by atoms with van der Waals surface area (Å²) in [7, 11) is 0. The normalized spacial score (nSPS) is 10.9. The quantitative estimate of drug-likeness (QED) is 0.743. The van der Waals surface area contributed by atoms with Gasteiger partial charge in [-0.25, -0.2) is 4.98 Å². The summed E-state index contributed by atoms with van der Waals surface area (Å²) in [5, 5.41) is 12.5. The van der Waals surface area contributed by atoms with Crippen LogP contribution in [-0.2, 0) is 13.0 Å². The van der Waals surface area contributed by atoms with Gasteiger partial charge in [-0.3, -0.25) is 0 Å². The fraction of sp³-hybridized carbons (Fsp3) is 0.231. The number of tetrazole rings is 1. The molecule has 102 valence electrons. The first-order valence-corrected chi connectivity index (χ1v) is 7.31. The van der Waals surface area contributed by atoms with Crippen molar-refractivity contribution in [1.82, 2.24) is 25.2 Å². The SMILES string of the molecule is Cc1ccccc1Cc1nnn(Cc2cnc(Cl)s2)n1. The van der Waals surface area contributed by atoms with Gasteiger partial charge in [0.15, 0.2) is 10.3 Å². The van der Waals surface area contributed by atoms with Crippen molar-refractivity contribution >= 4 is 22.9 Å². The Morgan fingerprint density at radius 1 is 1.30 bits per heavy atom. The zero-order valence-corrected chi connectivity index (χ0v) is 12.4. The number of rotatable bonds is 4. The standard InChI is InChI=1S/C13H12ClN5S/c1-9-4-2-3-5-10(9)6-12-16-18-19(17-12)8-11-7-15-13(14)20-11/h2-5,7H,6,8H2,1H3. The van der Waals surface area contributed by atoms with E-state index < -0.39 is 0 Å². The second-order valence-electron chi connectivity index (χ2n) is 4.42. The van der Waals surface area contributed by atoms with Crippen LogP contribution in [-0.4, -0.2) is 25.2 Å². The molecule has 0 spiro atoms. The van der Waals surface area contributed by atoms with Crippen LogP contribution in [0.25, 0.3) is 0 Å². The van der Waals surface area contributed by atoms with Gasteiger partial charge in [-0.15, -0.1) is 21.5 Å². The van der Waals surface area contributed by atoms with Gasteiger partial charge in [-0.2, -0.15) is 4.80 Å². The van der Waals surface area contributed by atoms with Crippen LogP contribution < -0.4 is 0 Å². The van der Waals surface area contributed by atoms with E-state index in [4.69, 9.17) is 11.6 Å². The molecule has 0 unspecified atom stereocenters. The van der Waals surface area contributed by atoms with Gasteiger partial charge in [-0.05, 0) is 23.3 Å². The van der Waals surface area contributed by atoms with Crippen molar-refractivity contribution in [2.24, 2.45) is 0 Å². The van der Waals surface area contributed by atoms with E-state index in [1.165, 1.54) is 22.5 Å². The lowest BCUT2D eigenvalue weighted by Crippen LogP contribution is -2.03. The van der Waals surface area contributed by atoms with Crippen LogP contribution in [0, 0.1) is 6.92 Å². The third-order valence-corrected chi connectivity index (χ3v) is 4.03. The fourth-order valence-electron chi connectivity index (χ4n) is 1.89. The van der Waals surface area contributed by atoms with E-state index in [2.05, 4.69) is 39.5 Å². The molecule has 0 fully saturated rings. The Morgan fingerprint density at radius 3 is 2.90 bits per heavy atom. The van der Waals surface area contributed by atoms with Crippen molar-refractivity contribution in [2.75, 3.05) is 0 Å². The molecule has 0 bridgehead atoms. The van der Waals surface area contributed by atoms with Gasteiger partial charge in [0.25, 0.3) is 0 Å². The molecule has 0 aliphatic carbocycles. The monoisotopic (exact) mass is 305 g/mol. The lowest BCUT2D eigenvalue weighted by atomic mass is 10.1. The lowest BCUT2D eigenvalue weighted by Gasteiger charge is -2.01. The van der Waals surface area contributed by atoms with Crippen molar-refractivity contribution in [3.8, 4) is 0 Å². The third-order valence-electron chi connectivity index (χ3n) is 2.93. The average Bonchev–Trinajstić information content (AvgIpc) is 3.02. The van der Waals surface area contributed by atoms with E-state index in [0.29, 0.717) is 17.4 Å². The molecule has 0 saturated carbocycles. The summed E-state index contributed by atoms with van der Waals surface area (Å²) in [6.07, 6.45) is 2.42. The number of hydrogen-bond donors (Lipinski definition) is 0. The van der Waals surface area contributed by atoms with Crippen LogP contribution in [0.5, 0.6) is 0 Å². The summed E-state index contributed by atoms with van der Waals surface area (Å²) in [5.41, 5.74) is 2.45. The Morgan fingerprint density at radius 2 is 2.15 bits per heavy atom. The third kappa shape index (κ3) is 3.02. The summed E-state index contributed by atoms with van der Waals surface area (Å²) >= 11 is 7.22. The molecule has 0 amide bonds. The van der Waals surface area contributed by atoms with Gasteiger partial charge in [-0.1, -0.05) is 35.9 Å². The maximum Gasteiger partial charge on any atom is 0.183 e. The van der Waals surface area contributed by atoms with Gasteiger partial charge in [0.05, 0.1) is 6.54 Å². The van der Waals surface area contributed by atoms with Crippen LogP contribution >= 0.6 is 22.9 Å². The lowest BCUT2D eigenvalue weighted by molar-refractivity contribution is 0.575. The zero-order chi connectivity index (χ0) is 13.9. The number of benzene rings is 1. The van der Waals surface area contributed by atoms with Gasteiger partial charge in [0, 0.05) is 17.5 Å². The number of halogens is 1. The first kappa shape index (κ1) is 13.2. The van der Waals surface area contributed by atoms with Crippen LogP contribution in [0.4, 0.5) is 0 Å². The second-order valence-corrected chi connectivity index (χ2v) is 6.12. The fourth-order valence-corrected chi connectivity index (χ4v) is 2.84. The maximum atomic E-state index is 5.80. The van der Waals surface area contributed by atoms with Gasteiger partial charge in [0.2, 0.25) is 0 Å². The topological polar surface area (TPSA) is 56.5 Å². The molecule has 2 aromatic heterocycles. The van der Waals surface area contributed by atoms with Gasteiger partial charge >= 0.3 is 0 Å². The predicted molar refractivity (Wildman–Crippen MR) is 78.0 cm³/mol. The summed E-state index contributed by atoms with van der Waals surface area (Å²) in [6.45, 7) is 2.63. The molecular weight excluding hydrogens is 294 g/mol. The first-order chi connectivity index (χ1) is 9.70. The van der Waals surface area contributed by atoms with E-state index in [1.54, 1.807) is 11.0 Å². The van der Waals surface area contributed by atoms with Crippen molar-refractivity contribution < 1.29 is 0 Å². The van der Waals surface area contributed by atoms with E-state index in [1.807, 2.05) is 12.1 Å². The molecule has 3 rings (SSSR count). The van der Waals surface area contributed by atoms with E-state index in [-0.39, 0.29) is 0 Å². The molecule has 0 atom stereocenters. The highest BCUT2D eigenvalue weighted by Gasteiger charge is 2.07. The smallest absolute Gasteiger partial charge is 0.183 e. The highest BCUT2D eigenvalue weighted by atomic mass is 35.5. The highest BCUT2D eigenvalue weighted by molar-refractivity contribution is 7.15. The Hall–Kier alpha value is -1.79. The number of aryl methyl sites for hydroxylation is 1. The zero-order valence-electron chi connectivity index (χ0n) is 10.8. The summed E-state index contributed by atoms with van der Waals surface area (Å²) in [4.78, 5) is 6.57. The molecule has 5 nitrogen and oxygen atoms in total. The molecule has 2 heterocycles. The van der Waals surface area contributed by atoms with Gasteiger partial charge < -0.3 is 0 Å². The van der Waals surface area contributed by atoms with Crippen molar-refractivity contribution in [1.29, 1.82) is 0 Å². The minimum atomic E-state index is 0.528. The minimum absolute atomic E-state index is 0.528. The average molecular weight is 306 g/mol. The second kappa shape index (κ2) is 5.68. The number of thiazole rings is 1. The Labute approximate surface area is 125 Å². The molecule has 0 saturated heterocycles. The van der Waals surface area contributed by atoms with Gasteiger partial charge in [0.1, 0.15) is 0 Å².